The second-order valence-electron chi connectivity index (χ2n) is 6.01. The van der Waals surface area contributed by atoms with Gasteiger partial charge in [0.2, 0.25) is 6.79 Å². The molecule has 1 aliphatic heterocycles. The minimum Gasteiger partial charge on any atom is -0.454 e. The molecule has 2 aromatic carbocycles. The molecular weight excluding hydrogens is 337 g/mol. The topological polar surface area (TPSA) is 66.3 Å². The molecule has 0 amide bonds. The molecule has 0 aliphatic carbocycles. The number of benzene rings is 2. The number of guanidine groups is 1. The van der Waals surface area contributed by atoms with Crippen LogP contribution in [0, 0.1) is 5.82 Å². The van der Waals surface area contributed by atoms with Gasteiger partial charge >= 0.3 is 0 Å². The summed E-state index contributed by atoms with van der Waals surface area (Å²) in [6.45, 7) is 0.983. The van der Waals surface area contributed by atoms with Gasteiger partial charge in [-0.3, -0.25) is 4.99 Å². The highest BCUT2D eigenvalue weighted by molar-refractivity contribution is 5.79. The Bertz CT molecular complexity index is 797. The number of hydrogen-bond acceptors (Lipinski definition) is 4. The number of nitrogens with zero attached hydrogens (tertiary/aromatic N) is 2. The number of aliphatic hydroxyl groups is 1. The largest absolute Gasteiger partial charge is 0.454 e. The van der Waals surface area contributed by atoms with Gasteiger partial charge in [-0.15, -0.1) is 0 Å². The smallest absolute Gasteiger partial charge is 0.231 e. The summed E-state index contributed by atoms with van der Waals surface area (Å²) in [5.74, 6) is 1.64. The molecule has 1 heterocycles. The van der Waals surface area contributed by atoms with Gasteiger partial charge in [-0.1, -0.05) is 24.3 Å². The molecule has 0 saturated carbocycles. The molecule has 0 saturated heterocycles. The van der Waals surface area contributed by atoms with Crippen molar-refractivity contribution in [2.75, 3.05) is 27.4 Å². The van der Waals surface area contributed by atoms with Crippen LogP contribution in [0.4, 0.5) is 4.39 Å². The zero-order valence-corrected chi connectivity index (χ0v) is 14.8. The highest BCUT2D eigenvalue weighted by Gasteiger charge is 2.16. The van der Waals surface area contributed by atoms with E-state index in [2.05, 4.69) is 10.3 Å². The Kier molecular flexibility index (Phi) is 5.58. The molecule has 26 heavy (non-hydrogen) atoms. The Morgan fingerprint density at radius 2 is 2.04 bits per heavy atom. The van der Waals surface area contributed by atoms with Gasteiger partial charge in [0, 0.05) is 32.7 Å². The molecule has 1 aliphatic rings. The summed E-state index contributed by atoms with van der Waals surface area (Å²) in [7, 11) is 3.54. The van der Waals surface area contributed by atoms with Crippen molar-refractivity contribution in [2.45, 2.75) is 12.6 Å². The maximum atomic E-state index is 13.8. The number of aliphatic imine (C=N–C) groups is 1. The number of rotatable bonds is 5. The summed E-state index contributed by atoms with van der Waals surface area (Å²) >= 11 is 0. The van der Waals surface area contributed by atoms with E-state index < -0.39 is 11.9 Å². The maximum absolute atomic E-state index is 13.8. The molecule has 0 radical (unpaired) electrons. The predicted molar refractivity (Wildman–Crippen MR) is 96.8 cm³/mol. The molecule has 0 fully saturated rings. The second kappa shape index (κ2) is 8.05. The van der Waals surface area contributed by atoms with E-state index in [1.807, 2.05) is 30.1 Å². The third kappa shape index (κ3) is 4.05. The van der Waals surface area contributed by atoms with E-state index in [0.29, 0.717) is 12.5 Å². The van der Waals surface area contributed by atoms with Crippen molar-refractivity contribution in [1.82, 2.24) is 10.2 Å². The summed E-state index contributed by atoms with van der Waals surface area (Å²) in [6, 6.07) is 12.0. The number of aliphatic hydroxyl groups excluding tert-OH is 1. The van der Waals surface area contributed by atoms with Crippen LogP contribution >= 0.6 is 0 Å². The van der Waals surface area contributed by atoms with Crippen molar-refractivity contribution in [3.63, 3.8) is 0 Å². The third-order valence-corrected chi connectivity index (χ3v) is 4.15. The van der Waals surface area contributed by atoms with Gasteiger partial charge in [0.15, 0.2) is 17.5 Å². The van der Waals surface area contributed by atoms with Crippen LogP contribution in [0.3, 0.4) is 0 Å². The Morgan fingerprint density at radius 3 is 2.81 bits per heavy atom. The average molecular weight is 359 g/mol. The lowest BCUT2D eigenvalue weighted by atomic mass is 10.1. The zero-order valence-electron chi connectivity index (χ0n) is 14.8. The first kappa shape index (κ1) is 18.0. The first-order valence-electron chi connectivity index (χ1n) is 8.31. The van der Waals surface area contributed by atoms with Crippen LogP contribution < -0.4 is 14.8 Å². The van der Waals surface area contributed by atoms with E-state index in [9.17, 15) is 9.50 Å². The molecule has 0 spiro atoms. The van der Waals surface area contributed by atoms with Gasteiger partial charge in [-0.2, -0.15) is 0 Å². The second-order valence-corrected chi connectivity index (χ2v) is 6.01. The van der Waals surface area contributed by atoms with Crippen LogP contribution in [0.5, 0.6) is 11.5 Å². The molecule has 3 rings (SSSR count). The monoisotopic (exact) mass is 359 g/mol. The van der Waals surface area contributed by atoms with E-state index in [0.717, 1.165) is 17.1 Å². The quantitative estimate of drug-likeness (QED) is 0.633. The number of halogens is 1. The summed E-state index contributed by atoms with van der Waals surface area (Å²) in [5.41, 5.74) is 1.29. The normalized spacial score (nSPS) is 14.2. The highest BCUT2D eigenvalue weighted by Crippen LogP contribution is 2.32. The average Bonchev–Trinajstić information content (AvgIpc) is 3.10. The van der Waals surface area contributed by atoms with Crippen molar-refractivity contribution in [3.05, 3.63) is 59.4 Å². The standard InChI is InChI=1S/C19H22FN3O3/c1-21-19(22-10-16(24)14-5-3-4-6-15(14)20)23(2)11-13-7-8-17-18(9-13)26-12-25-17/h3-9,16,24H,10-12H2,1-2H3,(H,21,22). The van der Waals surface area contributed by atoms with Gasteiger partial charge in [0.25, 0.3) is 0 Å². The van der Waals surface area contributed by atoms with E-state index in [1.165, 1.54) is 6.07 Å². The number of hydrogen-bond donors (Lipinski definition) is 2. The fourth-order valence-electron chi connectivity index (χ4n) is 2.82. The lowest BCUT2D eigenvalue weighted by Gasteiger charge is -2.23. The maximum Gasteiger partial charge on any atom is 0.231 e. The third-order valence-electron chi connectivity index (χ3n) is 4.15. The Morgan fingerprint density at radius 1 is 1.27 bits per heavy atom. The van der Waals surface area contributed by atoms with Gasteiger partial charge in [-0.25, -0.2) is 4.39 Å². The minimum absolute atomic E-state index is 0.152. The molecule has 7 heteroatoms. The van der Waals surface area contributed by atoms with E-state index >= 15 is 0 Å². The minimum atomic E-state index is -0.966. The van der Waals surface area contributed by atoms with Crippen LogP contribution in [0.2, 0.25) is 0 Å². The van der Waals surface area contributed by atoms with Crippen molar-refractivity contribution < 1.29 is 19.0 Å². The Balaban J connectivity index is 1.59. The van der Waals surface area contributed by atoms with Crippen LogP contribution in [-0.2, 0) is 6.54 Å². The van der Waals surface area contributed by atoms with Gasteiger partial charge in [0.1, 0.15) is 5.82 Å². The number of ether oxygens (including phenoxy) is 2. The number of fused-ring (bicyclic) bond motifs is 1. The Labute approximate surface area is 151 Å². The molecule has 0 bridgehead atoms. The summed E-state index contributed by atoms with van der Waals surface area (Å²) in [6.07, 6.45) is -0.966. The fourth-order valence-corrected chi connectivity index (χ4v) is 2.82. The molecule has 1 unspecified atom stereocenters. The highest BCUT2D eigenvalue weighted by atomic mass is 19.1. The lowest BCUT2D eigenvalue weighted by molar-refractivity contribution is 0.174. The summed E-state index contributed by atoms with van der Waals surface area (Å²) in [4.78, 5) is 6.12. The predicted octanol–water partition coefficient (Wildman–Crippen LogP) is 2.30. The van der Waals surface area contributed by atoms with Crippen LogP contribution in [0.15, 0.2) is 47.5 Å². The molecule has 6 nitrogen and oxygen atoms in total. The first-order valence-corrected chi connectivity index (χ1v) is 8.31. The molecule has 1 atom stereocenters. The van der Waals surface area contributed by atoms with Crippen LogP contribution in [0.25, 0.3) is 0 Å². The van der Waals surface area contributed by atoms with Crippen molar-refractivity contribution >= 4 is 5.96 Å². The van der Waals surface area contributed by atoms with E-state index in [-0.39, 0.29) is 18.9 Å². The Hall–Kier alpha value is -2.80. The van der Waals surface area contributed by atoms with Gasteiger partial charge in [0.05, 0.1) is 6.10 Å². The lowest BCUT2D eigenvalue weighted by Crippen LogP contribution is -2.40. The summed E-state index contributed by atoms with van der Waals surface area (Å²) in [5, 5.41) is 13.3. The molecule has 0 aromatic heterocycles. The molecule has 2 aromatic rings. The van der Waals surface area contributed by atoms with Gasteiger partial charge < -0.3 is 24.8 Å². The van der Waals surface area contributed by atoms with Crippen LogP contribution in [-0.4, -0.2) is 43.4 Å². The first-order chi connectivity index (χ1) is 12.6. The molecular formula is C19H22FN3O3. The SMILES string of the molecule is CN=C(NCC(O)c1ccccc1F)N(C)Cc1ccc2c(c1)OCO2. The van der Waals surface area contributed by atoms with Crippen molar-refractivity contribution in [3.8, 4) is 11.5 Å². The van der Waals surface area contributed by atoms with Gasteiger partial charge in [-0.05, 0) is 23.8 Å². The number of nitrogens with one attached hydrogen (secondary N) is 1. The van der Waals surface area contributed by atoms with E-state index in [1.54, 1.807) is 25.2 Å². The van der Waals surface area contributed by atoms with Crippen molar-refractivity contribution in [1.29, 1.82) is 0 Å². The van der Waals surface area contributed by atoms with Crippen molar-refractivity contribution in [2.24, 2.45) is 4.99 Å². The van der Waals surface area contributed by atoms with Crippen LogP contribution in [0.1, 0.15) is 17.2 Å². The molecule has 2 N–H and O–H groups in total. The van der Waals surface area contributed by atoms with E-state index in [4.69, 9.17) is 9.47 Å². The molecule has 138 valence electrons. The summed E-state index contributed by atoms with van der Waals surface area (Å²) < 4.78 is 24.5. The fraction of sp³-hybridized carbons (Fsp3) is 0.316. The zero-order chi connectivity index (χ0) is 18.5.